The molecule has 1 heterocycles. The number of nitrogens with zero attached hydrogens (tertiary/aromatic N) is 1. The second-order valence-electron chi connectivity index (χ2n) is 6.78. The number of anilines is 2. The first-order chi connectivity index (χ1) is 15.5. The predicted molar refractivity (Wildman–Crippen MR) is 116 cm³/mol. The molecule has 0 radical (unpaired) electrons. The van der Waals surface area contributed by atoms with Crippen LogP contribution in [0, 0.1) is 17.1 Å². The summed E-state index contributed by atoms with van der Waals surface area (Å²) in [6.07, 6.45) is 0. The second kappa shape index (κ2) is 8.62. The van der Waals surface area contributed by atoms with Crippen LogP contribution in [0.15, 0.2) is 71.1 Å². The number of fused-ring (bicyclic) bond motifs is 1. The molecule has 0 spiro atoms. The molecule has 3 aromatic carbocycles. The quantitative estimate of drug-likeness (QED) is 0.467. The van der Waals surface area contributed by atoms with Crippen molar-refractivity contribution >= 4 is 34.2 Å². The summed E-state index contributed by atoms with van der Waals surface area (Å²) in [5.41, 5.74) is 1.20. The lowest BCUT2D eigenvalue weighted by Gasteiger charge is -2.12. The fraction of sp³-hybridized carbons (Fsp3) is 0.0417. The smallest absolute Gasteiger partial charge is 0.291 e. The van der Waals surface area contributed by atoms with Crippen LogP contribution in [-0.4, -0.2) is 18.9 Å². The number of para-hydroxylation sites is 1. The van der Waals surface area contributed by atoms with Crippen LogP contribution in [0.3, 0.4) is 0 Å². The van der Waals surface area contributed by atoms with E-state index in [2.05, 4.69) is 10.6 Å². The maximum atomic E-state index is 14.1. The van der Waals surface area contributed by atoms with E-state index in [0.29, 0.717) is 17.0 Å². The first-order valence-corrected chi connectivity index (χ1v) is 9.47. The minimum Gasteiger partial charge on any atom is -0.494 e. The number of carbonyl (C=O) groups is 2. The number of amides is 2. The lowest BCUT2D eigenvalue weighted by molar-refractivity contribution is 0.0995. The summed E-state index contributed by atoms with van der Waals surface area (Å²) in [5, 5.41) is 14.9. The Hall–Kier alpha value is -4.64. The Bertz CT molecular complexity index is 1350. The highest BCUT2D eigenvalue weighted by Gasteiger charge is 2.17. The van der Waals surface area contributed by atoms with E-state index in [4.69, 9.17) is 14.4 Å². The van der Waals surface area contributed by atoms with Gasteiger partial charge in [0.25, 0.3) is 11.8 Å². The van der Waals surface area contributed by atoms with E-state index in [9.17, 15) is 14.0 Å². The SMILES string of the molecule is COc1cc(NC(=O)c2ccc(C#N)cc2F)ccc1NC(=O)c1cc2ccccc2o1. The van der Waals surface area contributed by atoms with Gasteiger partial charge in [0.15, 0.2) is 5.76 Å². The topological polar surface area (TPSA) is 104 Å². The van der Waals surface area contributed by atoms with Crippen LogP contribution in [-0.2, 0) is 0 Å². The monoisotopic (exact) mass is 429 g/mol. The molecule has 0 bridgehead atoms. The van der Waals surface area contributed by atoms with E-state index in [1.807, 2.05) is 24.3 Å². The van der Waals surface area contributed by atoms with Gasteiger partial charge < -0.3 is 19.8 Å². The Morgan fingerprint density at radius 1 is 1.00 bits per heavy atom. The van der Waals surface area contributed by atoms with E-state index in [-0.39, 0.29) is 22.6 Å². The highest BCUT2D eigenvalue weighted by Crippen LogP contribution is 2.29. The van der Waals surface area contributed by atoms with Crippen LogP contribution in [0.25, 0.3) is 11.0 Å². The third kappa shape index (κ3) is 4.13. The number of methoxy groups -OCH3 is 1. The van der Waals surface area contributed by atoms with Gasteiger partial charge >= 0.3 is 0 Å². The van der Waals surface area contributed by atoms with Crippen molar-refractivity contribution in [2.75, 3.05) is 17.7 Å². The van der Waals surface area contributed by atoms with Gasteiger partial charge in [-0.2, -0.15) is 5.26 Å². The highest BCUT2D eigenvalue weighted by molar-refractivity contribution is 6.06. The van der Waals surface area contributed by atoms with Gasteiger partial charge in [0.1, 0.15) is 17.1 Å². The molecule has 2 N–H and O–H groups in total. The summed E-state index contributed by atoms with van der Waals surface area (Å²) < 4.78 is 25.0. The molecule has 0 aliphatic heterocycles. The number of hydrogen-bond donors (Lipinski definition) is 2. The largest absolute Gasteiger partial charge is 0.494 e. The molecule has 7 nitrogen and oxygen atoms in total. The van der Waals surface area contributed by atoms with E-state index in [1.165, 1.54) is 31.4 Å². The predicted octanol–water partition coefficient (Wildman–Crippen LogP) is 4.96. The summed E-state index contributed by atoms with van der Waals surface area (Å²) >= 11 is 0. The van der Waals surface area contributed by atoms with Crippen molar-refractivity contribution in [3.8, 4) is 11.8 Å². The van der Waals surface area contributed by atoms with Crippen molar-refractivity contribution in [2.45, 2.75) is 0 Å². The number of halogens is 1. The number of carbonyl (C=O) groups excluding carboxylic acids is 2. The average molecular weight is 429 g/mol. The number of nitriles is 1. The standard InChI is InChI=1S/C24H16FN3O4/c1-31-21-12-16(27-23(29)17-8-6-14(13-26)10-18(17)25)7-9-19(21)28-24(30)22-11-15-4-2-3-5-20(15)32-22/h2-12H,1H3,(H,27,29)(H,28,30). The maximum Gasteiger partial charge on any atom is 0.291 e. The molecule has 8 heteroatoms. The number of rotatable bonds is 5. The molecular formula is C24H16FN3O4. The second-order valence-corrected chi connectivity index (χ2v) is 6.78. The summed E-state index contributed by atoms with van der Waals surface area (Å²) in [6.45, 7) is 0. The lowest BCUT2D eigenvalue weighted by atomic mass is 10.1. The maximum absolute atomic E-state index is 14.1. The van der Waals surface area contributed by atoms with Gasteiger partial charge in [-0.3, -0.25) is 9.59 Å². The Morgan fingerprint density at radius 2 is 1.81 bits per heavy atom. The number of hydrogen-bond acceptors (Lipinski definition) is 5. The summed E-state index contributed by atoms with van der Waals surface area (Å²) in [5.74, 6) is -1.53. The Balaban J connectivity index is 1.52. The fourth-order valence-corrected chi connectivity index (χ4v) is 3.12. The molecule has 0 fully saturated rings. The van der Waals surface area contributed by atoms with Crippen LogP contribution in [0.1, 0.15) is 26.5 Å². The molecule has 4 aromatic rings. The van der Waals surface area contributed by atoms with E-state index < -0.39 is 17.6 Å². The minimum absolute atomic E-state index is 0.116. The van der Waals surface area contributed by atoms with Crippen molar-refractivity contribution in [1.29, 1.82) is 5.26 Å². The number of ether oxygens (including phenoxy) is 1. The molecule has 4 rings (SSSR count). The molecule has 0 aliphatic rings. The molecule has 2 amide bonds. The van der Waals surface area contributed by atoms with Gasteiger partial charge in [0.05, 0.1) is 30.0 Å². The third-order valence-electron chi connectivity index (χ3n) is 4.70. The Labute approximate surface area is 182 Å². The third-order valence-corrected chi connectivity index (χ3v) is 4.70. The zero-order chi connectivity index (χ0) is 22.7. The van der Waals surface area contributed by atoms with Crippen LogP contribution < -0.4 is 15.4 Å². The average Bonchev–Trinajstić information content (AvgIpc) is 3.24. The minimum atomic E-state index is -0.803. The van der Waals surface area contributed by atoms with E-state index in [1.54, 1.807) is 18.2 Å². The van der Waals surface area contributed by atoms with Crippen LogP contribution in [0.5, 0.6) is 5.75 Å². The molecule has 0 unspecified atom stereocenters. The van der Waals surface area contributed by atoms with Gasteiger partial charge in [-0.1, -0.05) is 18.2 Å². The van der Waals surface area contributed by atoms with Gasteiger partial charge in [0, 0.05) is 17.1 Å². The van der Waals surface area contributed by atoms with Crippen LogP contribution in [0.2, 0.25) is 0 Å². The Morgan fingerprint density at radius 3 is 2.53 bits per heavy atom. The fourth-order valence-electron chi connectivity index (χ4n) is 3.12. The zero-order valence-corrected chi connectivity index (χ0v) is 16.8. The van der Waals surface area contributed by atoms with Crippen molar-refractivity contribution in [3.05, 3.63) is 89.4 Å². The van der Waals surface area contributed by atoms with E-state index in [0.717, 1.165) is 11.5 Å². The number of benzene rings is 3. The van der Waals surface area contributed by atoms with Gasteiger partial charge in [-0.15, -0.1) is 0 Å². The van der Waals surface area contributed by atoms with E-state index >= 15 is 0 Å². The lowest BCUT2D eigenvalue weighted by Crippen LogP contribution is -2.15. The van der Waals surface area contributed by atoms with Gasteiger partial charge in [-0.25, -0.2) is 4.39 Å². The summed E-state index contributed by atoms with van der Waals surface area (Å²) in [4.78, 5) is 25.0. The van der Waals surface area contributed by atoms with Crippen LogP contribution in [0.4, 0.5) is 15.8 Å². The first-order valence-electron chi connectivity index (χ1n) is 9.47. The van der Waals surface area contributed by atoms with Gasteiger partial charge in [-0.05, 0) is 42.5 Å². The normalized spacial score (nSPS) is 10.4. The van der Waals surface area contributed by atoms with Crippen molar-refractivity contribution in [2.24, 2.45) is 0 Å². The number of furan rings is 1. The molecule has 0 aliphatic carbocycles. The van der Waals surface area contributed by atoms with Gasteiger partial charge in [0.2, 0.25) is 0 Å². The van der Waals surface area contributed by atoms with Crippen molar-refractivity contribution in [1.82, 2.24) is 0 Å². The van der Waals surface area contributed by atoms with Crippen LogP contribution >= 0.6 is 0 Å². The zero-order valence-electron chi connectivity index (χ0n) is 16.8. The summed E-state index contributed by atoms with van der Waals surface area (Å²) in [6, 6.07) is 18.9. The highest BCUT2D eigenvalue weighted by atomic mass is 19.1. The van der Waals surface area contributed by atoms with Crippen molar-refractivity contribution in [3.63, 3.8) is 0 Å². The Kier molecular flexibility index (Phi) is 5.55. The molecule has 158 valence electrons. The molecule has 0 saturated carbocycles. The molecule has 0 saturated heterocycles. The molecule has 1 aromatic heterocycles. The first kappa shape index (κ1) is 20.6. The molecule has 32 heavy (non-hydrogen) atoms. The molecular weight excluding hydrogens is 413 g/mol. The summed E-state index contributed by atoms with van der Waals surface area (Å²) in [7, 11) is 1.41. The molecule has 0 atom stereocenters. The van der Waals surface area contributed by atoms with Crippen molar-refractivity contribution < 1.29 is 23.1 Å². The number of nitrogens with one attached hydrogen (secondary N) is 2.